The van der Waals surface area contributed by atoms with Gasteiger partial charge in [0, 0.05) is 16.8 Å². The highest BCUT2D eigenvalue weighted by Crippen LogP contribution is 2.22. The molecule has 26 heavy (non-hydrogen) atoms. The summed E-state index contributed by atoms with van der Waals surface area (Å²) >= 11 is 0. The van der Waals surface area contributed by atoms with Crippen LogP contribution in [0.5, 0.6) is 0 Å². The second-order valence-corrected chi connectivity index (χ2v) is 5.71. The molecule has 0 radical (unpaired) electrons. The number of carbonyl (C=O) groups is 1. The van der Waals surface area contributed by atoms with Gasteiger partial charge in [-0.3, -0.25) is 4.79 Å². The van der Waals surface area contributed by atoms with E-state index in [9.17, 15) is 4.79 Å². The van der Waals surface area contributed by atoms with Crippen LogP contribution in [-0.2, 0) is 0 Å². The molecule has 4 aromatic rings. The topological polar surface area (TPSA) is 83.6 Å². The zero-order valence-electron chi connectivity index (χ0n) is 13.8. The van der Waals surface area contributed by atoms with E-state index in [1.807, 2.05) is 48.5 Å². The van der Waals surface area contributed by atoms with Crippen LogP contribution in [0, 0.1) is 0 Å². The van der Waals surface area contributed by atoms with Crippen molar-refractivity contribution >= 4 is 11.6 Å². The number of tetrazole rings is 1. The second-order valence-electron chi connectivity index (χ2n) is 5.71. The minimum atomic E-state index is -0.192. The Balaban J connectivity index is 1.51. The molecule has 0 saturated carbocycles. The first kappa shape index (κ1) is 15.7. The molecule has 0 bridgehead atoms. The molecule has 0 aliphatic carbocycles. The average molecular weight is 341 g/mol. The van der Waals surface area contributed by atoms with Crippen LogP contribution in [0.3, 0.4) is 0 Å². The number of hydrogen-bond acceptors (Lipinski definition) is 4. The van der Waals surface area contributed by atoms with Gasteiger partial charge in [-0.2, -0.15) is 5.21 Å². The van der Waals surface area contributed by atoms with Crippen molar-refractivity contribution in [3.63, 3.8) is 0 Å². The number of benzene rings is 3. The quantitative estimate of drug-likeness (QED) is 0.591. The predicted octanol–water partition coefficient (Wildman–Crippen LogP) is 3.79. The van der Waals surface area contributed by atoms with E-state index in [-0.39, 0.29) is 5.91 Å². The Morgan fingerprint density at radius 2 is 1.54 bits per heavy atom. The molecule has 0 aliphatic heterocycles. The molecule has 0 spiro atoms. The number of carbonyl (C=O) groups excluding carboxylic acids is 1. The largest absolute Gasteiger partial charge is 0.322 e. The second kappa shape index (κ2) is 6.98. The summed E-state index contributed by atoms with van der Waals surface area (Å²) in [6.07, 6.45) is 0. The maximum absolute atomic E-state index is 12.5. The molecular weight excluding hydrogens is 326 g/mol. The predicted molar refractivity (Wildman–Crippen MR) is 99.4 cm³/mol. The maximum Gasteiger partial charge on any atom is 0.255 e. The monoisotopic (exact) mass is 341 g/mol. The molecule has 6 heteroatoms. The normalized spacial score (nSPS) is 10.5. The molecule has 2 N–H and O–H groups in total. The van der Waals surface area contributed by atoms with Gasteiger partial charge in [0.05, 0.1) is 0 Å². The Bertz CT molecular complexity index is 1010. The van der Waals surface area contributed by atoms with E-state index < -0.39 is 0 Å². The molecule has 1 heterocycles. The van der Waals surface area contributed by atoms with Gasteiger partial charge in [-0.15, -0.1) is 10.2 Å². The van der Waals surface area contributed by atoms with Crippen LogP contribution in [0.15, 0.2) is 78.9 Å². The highest BCUT2D eigenvalue weighted by molar-refractivity contribution is 6.04. The zero-order chi connectivity index (χ0) is 17.8. The number of hydrogen-bond donors (Lipinski definition) is 2. The molecule has 0 aliphatic rings. The molecular formula is C20H15N5O. The minimum absolute atomic E-state index is 0.192. The third-order valence-corrected chi connectivity index (χ3v) is 3.98. The third-order valence-electron chi connectivity index (χ3n) is 3.98. The number of aromatic nitrogens is 4. The third kappa shape index (κ3) is 3.34. The van der Waals surface area contributed by atoms with Gasteiger partial charge in [0.2, 0.25) is 5.82 Å². The smallest absolute Gasteiger partial charge is 0.255 e. The van der Waals surface area contributed by atoms with Crippen molar-refractivity contribution in [2.75, 3.05) is 5.32 Å². The lowest BCUT2D eigenvalue weighted by Crippen LogP contribution is -2.11. The Kier molecular flexibility index (Phi) is 4.22. The number of nitrogens with zero attached hydrogens (tertiary/aromatic N) is 3. The molecule has 3 aromatic carbocycles. The van der Waals surface area contributed by atoms with Crippen molar-refractivity contribution < 1.29 is 4.79 Å². The molecule has 1 aromatic heterocycles. The van der Waals surface area contributed by atoms with E-state index in [0.29, 0.717) is 11.4 Å². The molecule has 4 rings (SSSR count). The summed E-state index contributed by atoms with van der Waals surface area (Å²) in [6.45, 7) is 0. The van der Waals surface area contributed by atoms with Crippen LogP contribution in [-0.4, -0.2) is 26.5 Å². The number of rotatable bonds is 4. The zero-order valence-corrected chi connectivity index (χ0v) is 13.8. The Morgan fingerprint density at radius 1 is 0.808 bits per heavy atom. The molecule has 0 atom stereocenters. The lowest BCUT2D eigenvalue weighted by Gasteiger charge is -2.07. The molecule has 0 unspecified atom stereocenters. The van der Waals surface area contributed by atoms with E-state index in [1.165, 1.54) is 0 Å². The number of aromatic amines is 1. The van der Waals surface area contributed by atoms with Gasteiger partial charge in [-0.1, -0.05) is 54.6 Å². The van der Waals surface area contributed by atoms with Crippen molar-refractivity contribution in [1.82, 2.24) is 20.6 Å². The molecule has 0 saturated heterocycles. The van der Waals surface area contributed by atoms with E-state index >= 15 is 0 Å². The van der Waals surface area contributed by atoms with Gasteiger partial charge in [-0.25, -0.2) is 0 Å². The first-order valence-electron chi connectivity index (χ1n) is 8.10. The van der Waals surface area contributed by atoms with Crippen molar-refractivity contribution in [2.45, 2.75) is 0 Å². The van der Waals surface area contributed by atoms with E-state index in [1.54, 1.807) is 18.2 Å². The van der Waals surface area contributed by atoms with Crippen molar-refractivity contribution in [3.8, 4) is 22.5 Å². The summed E-state index contributed by atoms with van der Waals surface area (Å²) in [5, 5.41) is 16.7. The summed E-state index contributed by atoms with van der Waals surface area (Å²) in [5.41, 5.74) is 4.23. The van der Waals surface area contributed by atoms with Crippen molar-refractivity contribution in [2.24, 2.45) is 0 Å². The lowest BCUT2D eigenvalue weighted by atomic mass is 10.1. The fourth-order valence-electron chi connectivity index (χ4n) is 2.66. The van der Waals surface area contributed by atoms with Crippen LogP contribution in [0.25, 0.3) is 22.5 Å². The SMILES string of the molecule is O=C(Nc1ccc(-c2ccccc2)cc1)c1cccc(-c2nn[nH]n2)c1. The van der Waals surface area contributed by atoms with Crippen LogP contribution in [0.1, 0.15) is 10.4 Å². The average Bonchev–Trinajstić information content (AvgIpc) is 3.24. The fraction of sp³-hybridized carbons (Fsp3) is 0. The van der Waals surface area contributed by atoms with Crippen LogP contribution in [0.2, 0.25) is 0 Å². The van der Waals surface area contributed by atoms with Gasteiger partial charge in [-0.05, 0) is 40.6 Å². The number of amides is 1. The summed E-state index contributed by atoms with van der Waals surface area (Å²) in [6, 6.07) is 25.0. The first-order chi connectivity index (χ1) is 12.8. The molecule has 1 amide bonds. The summed E-state index contributed by atoms with van der Waals surface area (Å²) < 4.78 is 0. The molecule has 0 fully saturated rings. The lowest BCUT2D eigenvalue weighted by molar-refractivity contribution is 0.102. The summed E-state index contributed by atoms with van der Waals surface area (Å²) in [4.78, 5) is 12.5. The van der Waals surface area contributed by atoms with E-state index in [2.05, 4.69) is 38.1 Å². The first-order valence-corrected chi connectivity index (χ1v) is 8.10. The van der Waals surface area contributed by atoms with Crippen LogP contribution >= 0.6 is 0 Å². The van der Waals surface area contributed by atoms with Gasteiger partial charge in [0.15, 0.2) is 0 Å². The van der Waals surface area contributed by atoms with Gasteiger partial charge in [0.1, 0.15) is 0 Å². The van der Waals surface area contributed by atoms with Crippen molar-refractivity contribution in [1.29, 1.82) is 0 Å². The fourth-order valence-corrected chi connectivity index (χ4v) is 2.66. The van der Waals surface area contributed by atoms with Crippen molar-refractivity contribution in [3.05, 3.63) is 84.4 Å². The minimum Gasteiger partial charge on any atom is -0.322 e. The highest BCUT2D eigenvalue weighted by atomic mass is 16.1. The van der Waals surface area contributed by atoms with Gasteiger partial charge in [0.25, 0.3) is 5.91 Å². The van der Waals surface area contributed by atoms with Crippen LogP contribution in [0.4, 0.5) is 5.69 Å². The summed E-state index contributed by atoms with van der Waals surface area (Å²) in [5.74, 6) is 0.259. The molecule has 6 nitrogen and oxygen atoms in total. The summed E-state index contributed by atoms with van der Waals surface area (Å²) in [7, 11) is 0. The van der Waals surface area contributed by atoms with Crippen LogP contribution < -0.4 is 5.32 Å². The number of H-pyrrole nitrogens is 1. The Morgan fingerprint density at radius 3 is 2.27 bits per heavy atom. The van der Waals surface area contributed by atoms with Gasteiger partial charge < -0.3 is 5.32 Å². The maximum atomic E-state index is 12.5. The highest BCUT2D eigenvalue weighted by Gasteiger charge is 2.10. The van der Waals surface area contributed by atoms with E-state index in [4.69, 9.17) is 0 Å². The molecule has 126 valence electrons. The standard InChI is InChI=1S/C20H15N5O/c26-20(17-8-4-7-16(13-17)19-22-24-25-23-19)21-18-11-9-15(10-12-18)14-5-2-1-3-6-14/h1-13H,(H,21,26)(H,22,23,24,25). The Labute approximate surface area is 149 Å². The Hall–Kier alpha value is -3.80. The van der Waals surface area contributed by atoms with E-state index in [0.717, 1.165) is 22.4 Å². The van der Waals surface area contributed by atoms with Gasteiger partial charge >= 0.3 is 0 Å². The number of nitrogens with one attached hydrogen (secondary N) is 2. The number of anilines is 1.